The molecule has 0 bridgehead atoms. The molecule has 4 rings (SSSR count). The van der Waals surface area contributed by atoms with Crippen LogP contribution in [0.5, 0.6) is 11.5 Å². The van der Waals surface area contributed by atoms with E-state index in [0.29, 0.717) is 49.3 Å². The third kappa shape index (κ3) is 4.99. The quantitative estimate of drug-likeness (QED) is 0.260. The number of aromatic nitrogens is 2. The Bertz CT molecular complexity index is 1210. The number of allylic oxidation sites excluding steroid dienone is 1. The second-order valence-corrected chi connectivity index (χ2v) is 8.53. The van der Waals surface area contributed by atoms with Gasteiger partial charge in [0, 0.05) is 5.70 Å². The lowest BCUT2D eigenvalue weighted by molar-refractivity contribution is -0.139. The van der Waals surface area contributed by atoms with Crippen LogP contribution in [0.15, 0.2) is 53.7 Å². The third-order valence-electron chi connectivity index (χ3n) is 6.05. The summed E-state index contributed by atoms with van der Waals surface area (Å²) in [5.41, 5.74) is 4.18. The first kappa shape index (κ1) is 24.6. The van der Waals surface area contributed by atoms with Gasteiger partial charge >= 0.3 is 5.97 Å². The Hall–Kier alpha value is -3.48. The number of nitrogens with one attached hydrogen (secondary N) is 1. The number of benzene rings is 2. The Morgan fingerprint density at radius 3 is 2.57 bits per heavy atom. The molecule has 0 spiro atoms. The molecule has 1 aliphatic rings. The Morgan fingerprint density at radius 1 is 1.00 bits per heavy atom. The predicted octanol–water partition coefficient (Wildman–Crippen LogP) is 6.25. The van der Waals surface area contributed by atoms with Crippen molar-refractivity contribution in [2.75, 3.05) is 25.1 Å². The van der Waals surface area contributed by atoms with Gasteiger partial charge in [0.05, 0.1) is 42.5 Å². The first-order chi connectivity index (χ1) is 17.1. The maximum atomic E-state index is 13.4. The topological polar surface area (TPSA) is 74.6 Å². The summed E-state index contributed by atoms with van der Waals surface area (Å²) in [6, 6.07) is 13.5. The molecule has 0 radical (unpaired) electrons. The van der Waals surface area contributed by atoms with E-state index in [1.54, 1.807) is 0 Å². The monoisotopic (exact) mass is 477 g/mol. The van der Waals surface area contributed by atoms with E-state index >= 15 is 0 Å². The lowest BCUT2D eigenvalue weighted by Crippen LogP contribution is -2.29. The molecule has 7 heteroatoms. The molecule has 3 aromatic rings. The zero-order valence-corrected chi connectivity index (χ0v) is 21.1. The van der Waals surface area contributed by atoms with E-state index in [2.05, 4.69) is 23.7 Å². The smallest absolute Gasteiger partial charge is 0.338 e. The lowest BCUT2D eigenvalue weighted by Gasteiger charge is -2.31. The van der Waals surface area contributed by atoms with Gasteiger partial charge in [-0.1, -0.05) is 44.9 Å². The molecule has 0 fully saturated rings. The Kier molecular flexibility index (Phi) is 7.95. The van der Waals surface area contributed by atoms with Gasteiger partial charge in [-0.25, -0.2) is 9.78 Å². The van der Waals surface area contributed by atoms with E-state index in [1.165, 1.54) is 0 Å². The van der Waals surface area contributed by atoms with Crippen molar-refractivity contribution in [3.8, 4) is 11.5 Å². The Balaban J connectivity index is 1.90. The number of unbranched alkanes of at least 4 members (excludes halogenated alkanes) is 1. The van der Waals surface area contributed by atoms with Gasteiger partial charge in [0.1, 0.15) is 0 Å². The van der Waals surface area contributed by atoms with E-state index in [4.69, 9.17) is 19.2 Å². The number of rotatable bonds is 11. The standard InChI is InChI=1S/C28H35N3O4/c1-5-9-17-35-23-16-15-19(18-24(23)33-7-3)26-25(27(32)34-8-4)21(12-6-2)30-28-29-20-13-10-11-14-22(20)31(26)28/h10-11,13-16,18,26H,5-9,12,17H2,1-4H3,(H,29,30)/t26-/m0/s1. The minimum Gasteiger partial charge on any atom is -0.490 e. The van der Waals surface area contributed by atoms with Crippen molar-refractivity contribution in [3.05, 3.63) is 59.3 Å². The molecule has 0 saturated heterocycles. The summed E-state index contributed by atoms with van der Waals surface area (Å²) in [4.78, 5) is 18.2. The van der Waals surface area contributed by atoms with E-state index in [0.717, 1.165) is 41.6 Å². The van der Waals surface area contributed by atoms with Crippen LogP contribution >= 0.6 is 0 Å². The van der Waals surface area contributed by atoms with Gasteiger partial charge in [0.2, 0.25) is 5.95 Å². The van der Waals surface area contributed by atoms with Gasteiger partial charge in [-0.15, -0.1) is 0 Å². The average molecular weight is 478 g/mol. The van der Waals surface area contributed by atoms with Crippen molar-refractivity contribution in [2.24, 2.45) is 0 Å². The van der Waals surface area contributed by atoms with Crippen LogP contribution in [-0.2, 0) is 9.53 Å². The van der Waals surface area contributed by atoms with Gasteiger partial charge in [0.15, 0.2) is 11.5 Å². The SMILES string of the molecule is CCCCOc1ccc([C@H]2C(C(=O)OCC)=C(CCC)Nc3nc4ccccc4n32)cc1OCC. The van der Waals surface area contributed by atoms with E-state index in [1.807, 2.05) is 56.3 Å². The minimum atomic E-state index is -0.414. The van der Waals surface area contributed by atoms with Crippen molar-refractivity contribution >= 4 is 23.0 Å². The van der Waals surface area contributed by atoms with Crippen LogP contribution < -0.4 is 14.8 Å². The molecule has 35 heavy (non-hydrogen) atoms. The minimum absolute atomic E-state index is 0.306. The number of fused-ring (bicyclic) bond motifs is 3. The summed E-state index contributed by atoms with van der Waals surface area (Å²) in [6.45, 7) is 9.47. The number of hydrogen-bond donors (Lipinski definition) is 1. The summed E-state index contributed by atoms with van der Waals surface area (Å²) in [5, 5.41) is 3.44. The summed E-state index contributed by atoms with van der Waals surface area (Å²) in [6.07, 6.45) is 3.63. The molecule has 0 unspecified atom stereocenters. The first-order valence-corrected chi connectivity index (χ1v) is 12.7. The third-order valence-corrected chi connectivity index (χ3v) is 6.05. The summed E-state index contributed by atoms with van der Waals surface area (Å²) in [7, 11) is 0. The van der Waals surface area contributed by atoms with E-state index < -0.39 is 6.04 Å². The van der Waals surface area contributed by atoms with Crippen molar-refractivity contribution in [2.45, 2.75) is 59.4 Å². The molecule has 0 saturated carbocycles. The second-order valence-electron chi connectivity index (χ2n) is 8.53. The Labute approximate surface area is 207 Å². The number of carbonyl (C=O) groups is 1. The summed E-state index contributed by atoms with van der Waals surface area (Å²) < 4.78 is 19.6. The van der Waals surface area contributed by atoms with Crippen LogP contribution in [0.2, 0.25) is 0 Å². The molecule has 1 aromatic heterocycles. The van der Waals surface area contributed by atoms with Crippen LogP contribution in [-0.4, -0.2) is 35.3 Å². The zero-order chi connectivity index (χ0) is 24.8. The summed E-state index contributed by atoms with van der Waals surface area (Å²) >= 11 is 0. The summed E-state index contributed by atoms with van der Waals surface area (Å²) in [5.74, 6) is 1.78. The molecule has 7 nitrogen and oxygen atoms in total. The normalized spacial score (nSPS) is 15.0. The average Bonchev–Trinajstić information content (AvgIpc) is 3.23. The first-order valence-electron chi connectivity index (χ1n) is 12.7. The second kappa shape index (κ2) is 11.3. The molecular weight excluding hydrogens is 442 g/mol. The number of imidazole rings is 1. The van der Waals surface area contributed by atoms with Crippen LogP contribution in [0.25, 0.3) is 11.0 Å². The van der Waals surface area contributed by atoms with Crippen molar-refractivity contribution in [1.82, 2.24) is 9.55 Å². The fourth-order valence-electron chi connectivity index (χ4n) is 4.51. The molecular formula is C28H35N3O4. The number of nitrogens with zero attached hydrogens (tertiary/aromatic N) is 2. The fraction of sp³-hybridized carbons (Fsp3) is 0.429. The largest absolute Gasteiger partial charge is 0.490 e. The van der Waals surface area contributed by atoms with Crippen LogP contribution in [0.3, 0.4) is 0 Å². The van der Waals surface area contributed by atoms with Crippen LogP contribution in [0, 0.1) is 0 Å². The van der Waals surface area contributed by atoms with Gasteiger partial charge < -0.3 is 19.5 Å². The predicted molar refractivity (Wildman–Crippen MR) is 138 cm³/mol. The molecule has 1 aliphatic heterocycles. The van der Waals surface area contributed by atoms with Crippen molar-refractivity contribution in [3.63, 3.8) is 0 Å². The van der Waals surface area contributed by atoms with Gasteiger partial charge in [0.25, 0.3) is 0 Å². The molecule has 2 aromatic carbocycles. The lowest BCUT2D eigenvalue weighted by atomic mass is 9.93. The Morgan fingerprint density at radius 2 is 1.83 bits per heavy atom. The molecule has 1 N–H and O–H groups in total. The number of para-hydroxylation sites is 2. The van der Waals surface area contributed by atoms with Crippen LogP contribution in [0.4, 0.5) is 5.95 Å². The van der Waals surface area contributed by atoms with Crippen LogP contribution in [0.1, 0.15) is 65.0 Å². The maximum absolute atomic E-state index is 13.4. The zero-order valence-electron chi connectivity index (χ0n) is 21.1. The highest BCUT2D eigenvalue weighted by molar-refractivity contribution is 5.94. The number of esters is 1. The van der Waals surface area contributed by atoms with Gasteiger partial charge in [-0.3, -0.25) is 4.57 Å². The number of ether oxygens (including phenoxy) is 3. The molecule has 1 atom stereocenters. The van der Waals surface area contributed by atoms with Crippen molar-refractivity contribution in [1.29, 1.82) is 0 Å². The number of carbonyl (C=O) groups excluding carboxylic acids is 1. The highest BCUT2D eigenvalue weighted by Crippen LogP contribution is 2.42. The number of anilines is 1. The molecule has 0 amide bonds. The van der Waals surface area contributed by atoms with Gasteiger partial charge in [-0.2, -0.15) is 0 Å². The highest BCUT2D eigenvalue weighted by atomic mass is 16.5. The number of hydrogen-bond acceptors (Lipinski definition) is 6. The van der Waals surface area contributed by atoms with Crippen molar-refractivity contribution < 1.29 is 19.0 Å². The molecule has 186 valence electrons. The van der Waals surface area contributed by atoms with Gasteiger partial charge in [-0.05, 0) is 56.5 Å². The van der Waals surface area contributed by atoms with E-state index in [9.17, 15) is 4.79 Å². The maximum Gasteiger partial charge on any atom is 0.338 e. The molecule has 2 heterocycles. The van der Waals surface area contributed by atoms with E-state index in [-0.39, 0.29) is 5.97 Å². The fourth-order valence-corrected chi connectivity index (χ4v) is 4.51. The molecule has 0 aliphatic carbocycles. The highest BCUT2D eigenvalue weighted by Gasteiger charge is 2.36.